The summed E-state index contributed by atoms with van der Waals surface area (Å²) in [7, 11) is 2.09. The highest BCUT2D eigenvalue weighted by molar-refractivity contribution is 5.22. The maximum absolute atomic E-state index is 13.7. The van der Waals surface area contributed by atoms with Crippen LogP contribution in [0.3, 0.4) is 0 Å². The molecule has 2 aliphatic rings. The number of benzene rings is 1. The van der Waals surface area contributed by atoms with Crippen LogP contribution in [0, 0.1) is 11.6 Å². The third kappa shape index (κ3) is 2.28. The molecule has 1 aromatic rings. The second-order valence-electron chi connectivity index (χ2n) is 6.07. The normalized spacial score (nSPS) is 34.7. The lowest BCUT2D eigenvalue weighted by atomic mass is 9.81. The summed E-state index contributed by atoms with van der Waals surface area (Å²) in [6.45, 7) is 0. The van der Waals surface area contributed by atoms with Crippen molar-refractivity contribution >= 4 is 0 Å². The molecule has 0 amide bonds. The Morgan fingerprint density at radius 1 is 1.26 bits per heavy atom. The van der Waals surface area contributed by atoms with Gasteiger partial charge in [-0.1, -0.05) is 12.1 Å². The van der Waals surface area contributed by atoms with Gasteiger partial charge in [-0.05, 0) is 44.4 Å². The van der Waals surface area contributed by atoms with Gasteiger partial charge in [-0.25, -0.2) is 8.78 Å². The van der Waals surface area contributed by atoms with Gasteiger partial charge in [0.05, 0.1) is 5.60 Å². The van der Waals surface area contributed by atoms with Crippen molar-refractivity contribution in [2.75, 3.05) is 7.05 Å². The molecule has 2 heterocycles. The Bertz CT molecular complexity index is 477. The van der Waals surface area contributed by atoms with Crippen molar-refractivity contribution < 1.29 is 13.9 Å². The van der Waals surface area contributed by atoms with E-state index in [4.69, 9.17) is 0 Å². The molecule has 0 spiro atoms. The molecule has 2 nitrogen and oxygen atoms in total. The van der Waals surface area contributed by atoms with Gasteiger partial charge in [-0.3, -0.25) is 0 Å². The topological polar surface area (TPSA) is 23.5 Å². The van der Waals surface area contributed by atoms with E-state index < -0.39 is 17.2 Å². The standard InChI is InChI=1S/C15H19F2NO/c1-18-11-5-6-12(18)9-15(19,8-11)7-10-3-2-4-13(16)14(10)17/h2-4,11-12,19H,5-9H2,1H3. The summed E-state index contributed by atoms with van der Waals surface area (Å²) in [4.78, 5) is 2.32. The third-order valence-corrected chi connectivity index (χ3v) is 4.77. The van der Waals surface area contributed by atoms with Crippen molar-refractivity contribution in [3.05, 3.63) is 35.4 Å². The van der Waals surface area contributed by atoms with Crippen LogP contribution in [0.1, 0.15) is 31.2 Å². The van der Waals surface area contributed by atoms with Gasteiger partial charge in [0.1, 0.15) is 0 Å². The van der Waals surface area contributed by atoms with Gasteiger partial charge in [0, 0.05) is 18.5 Å². The molecule has 4 heteroatoms. The quantitative estimate of drug-likeness (QED) is 0.890. The summed E-state index contributed by atoms with van der Waals surface area (Å²) in [6.07, 6.45) is 3.69. The molecule has 3 rings (SSSR count). The van der Waals surface area contributed by atoms with Crippen molar-refractivity contribution in [3.8, 4) is 0 Å². The zero-order chi connectivity index (χ0) is 13.6. The number of rotatable bonds is 2. The predicted molar refractivity (Wildman–Crippen MR) is 68.8 cm³/mol. The molecule has 104 valence electrons. The Morgan fingerprint density at radius 2 is 1.89 bits per heavy atom. The first-order chi connectivity index (χ1) is 8.98. The number of aliphatic hydroxyl groups is 1. The maximum Gasteiger partial charge on any atom is 0.162 e. The van der Waals surface area contributed by atoms with Gasteiger partial charge in [0.25, 0.3) is 0 Å². The molecule has 2 aliphatic heterocycles. The van der Waals surface area contributed by atoms with Crippen molar-refractivity contribution in [3.63, 3.8) is 0 Å². The van der Waals surface area contributed by atoms with Crippen LogP contribution < -0.4 is 0 Å². The molecule has 1 N–H and O–H groups in total. The molecule has 2 atom stereocenters. The molecule has 2 saturated heterocycles. The summed E-state index contributed by atoms with van der Waals surface area (Å²) in [5.41, 5.74) is -0.612. The average molecular weight is 267 g/mol. The van der Waals surface area contributed by atoms with Crippen molar-refractivity contribution in [1.82, 2.24) is 4.90 Å². The summed E-state index contributed by atoms with van der Waals surface area (Å²) in [5.74, 6) is -1.65. The Labute approximate surface area is 112 Å². The number of piperidine rings is 1. The molecule has 0 radical (unpaired) electrons. The van der Waals surface area contributed by atoms with E-state index in [2.05, 4.69) is 11.9 Å². The average Bonchev–Trinajstić information content (AvgIpc) is 2.60. The Morgan fingerprint density at radius 3 is 2.53 bits per heavy atom. The second kappa shape index (κ2) is 4.53. The van der Waals surface area contributed by atoms with E-state index in [-0.39, 0.29) is 12.0 Å². The SMILES string of the molecule is CN1C2CCC1CC(O)(Cc1cccc(F)c1F)C2. The summed E-state index contributed by atoms with van der Waals surface area (Å²) >= 11 is 0. The number of nitrogens with zero attached hydrogens (tertiary/aromatic N) is 1. The van der Waals surface area contributed by atoms with Crippen molar-refractivity contribution in [2.24, 2.45) is 0 Å². The molecule has 0 aliphatic carbocycles. The molecule has 1 aromatic carbocycles. The number of fused-ring (bicyclic) bond motifs is 2. The Kier molecular flexibility index (Phi) is 3.10. The zero-order valence-electron chi connectivity index (χ0n) is 11.1. The first kappa shape index (κ1) is 13.0. The molecule has 2 bridgehead atoms. The zero-order valence-corrected chi connectivity index (χ0v) is 11.1. The van der Waals surface area contributed by atoms with Crippen LogP contribution in [0.25, 0.3) is 0 Å². The van der Waals surface area contributed by atoms with E-state index in [1.807, 2.05) is 0 Å². The second-order valence-corrected chi connectivity index (χ2v) is 6.07. The molecule has 2 unspecified atom stereocenters. The molecular weight excluding hydrogens is 248 g/mol. The first-order valence-corrected chi connectivity index (χ1v) is 6.86. The monoisotopic (exact) mass is 267 g/mol. The van der Waals surface area contributed by atoms with Crippen LogP contribution in [-0.4, -0.2) is 34.7 Å². The molecule has 0 aromatic heterocycles. The summed E-state index contributed by atoms with van der Waals surface area (Å²) in [5, 5.41) is 10.7. The van der Waals surface area contributed by atoms with E-state index in [9.17, 15) is 13.9 Å². The van der Waals surface area contributed by atoms with Crippen molar-refractivity contribution in [1.29, 1.82) is 0 Å². The fourth-order valence-electron chi connectivity index (χ4n) is 3.73. The lowest BCUT2D eigenvalue weighted by Crippen LogP contribution is -2.50. The minimum absolute atomic E-state index is 0.206. The molecular formula is C15H19F2NO. The molecule has 19 heavy (non-hydrogen) atoms. The van der Waals surface area contributed by atoms with E-state index in [1.54, 1.807) is 6.07 Å². The number of hydrogen-bond donors (Lipinski definition) is 1. The van der Waals surface area contributed by atoms with Gasteiger partial charge < -0.3 is 10.0 Å². The van der Waals surface area contributed by atoms with E-state index in [0.29, 0.717) is 24.9 Å². The van der Waals surface area contributed by atoms with Gasteiger partial charge in [0.15, 0.2) is 11.6 Å². The predicted octanol–water partition coefficient (Wildman–Crippen LogP) is 2.50. The summed E-state index contributed by atoms with van der Waals surface area (Å²) < 4.78 is 26.9. The van der Waals surface area contributed by atoms with Crippen LogP contribution in [0.15, 0.2) is 18.2 Å². The Balaban J connectivity index is 1.81. The highest BCUT2D eigenvalue weighted by atomic mass is 19.2. The van der Waals surface area contributed by atoms with Gasteiger partial charge in [-0.15, -0.1) is 0 Å². The number of halogens is 2. The third-order valence-electron chi connectivity index (χ3n) is 4.77. The Hall–Kier alpha value is -1.00. The minimum atomic E-state index is -0.896. The highest BCUT2D eigenvalue weighted by Gasteiger charge is 2.46. The van der Waals surface area contributed by atoms with Crippen molar-refractivity contribution in [2.45, 2.75) is 49.8 Å². The molecule has 0 saturated carbocycles. The van der Waals surface area contributed by atoms with Crippen LogP contribution in [-0.2, 0) is 6.42 Å². The molecule has 2 fully saturated rings. The fourth-order valence-corrected chi connectivity index (χ4v) is 3.73. The van der Waals surface area contributed by atoms with Crippen LogP contribution in [0.5, 0.6) is 0 Å². The maximum atomic E-state index is 13.7. The van der Waals surface area contributed by atoms with Gasteiger partial charge in [0.2, 0.25) is 0 Å². The van der Waals surface area contributed by atoms with Gasteiger partial charge >= 0.3 is 0 Å². The van der Waals surface area contributed by atoms with Crippen LogP contribution in [0.4, 0.5) is 8.78 Å². The minimum Gasteiger partial charge on any atom is -0.389 e. The van der Waals surface area contributed by atoms with E-state index in [0.717, 1.165) is 18.9 Å². The lowest BCUT2D eigenvalue weighted by molar-refractivity contribution is -0.0442. The van der Waals surface area contributed by atoms with Gasteiger partial charge in [-0.2, -0.15) is 0 Å². The largest absolute Gasteiger partial charge is 0.389 e. The smallest absolute Gasteiger partial charge is 0.162 e. The van der Waals surface area contributed by atoms with E-state index in [1.165, 1.54) is 6.07 Å². The lowest BCUT2D eigenvalue weighted by Gasteiger charge is -2.42. The van der Waals surface area contributed by atoms with E-state index >= 15 is 0 Å². The van der Waals surface area contributed by atoms with Crippen LogP contribution >= 0.6 is 0 Å². The number of hydrogen-bond acceptors (Lipinski definition) is 2. The highest BCUT2D eigenvalue weighted by Crippen LogP contribution is 2.41. The fraction of sp³-hybridized carbons (Fsp3) is 0.600. The first-order valence-electron chi connectivity index (χ1n) is 6.86. The van der Waals surface area contributed by atoms with Crippen LogP contribution in [0.2, 0.25) is 0 Å². The summed E-state index contributed by atoms with van der Waals surface area (Å²) in [6, 6.07) is 4.93.